The van der Waals surface area contributed by atoms with E-state index >= 15 is 0 Å². The summed E-state index contributed by atoms with van der Waals surface area (Å²) in [5.74, 6) is -2.88. The fourth-order valence-electron chi connectivity index (χ4n) is 0.261. The van der Waals surface area contributed by atoms with Crippen LogP contribution in [0.2, 0.25) is 0 Å². The molecule has 0 aromatic rings. The third-order valence-electron chi connectivity index (χ3n) is 0.785. The van der Waals surface area contributed by atoms with E-state index in [4.69, 9.17) is 20.4 Å². The third kappa shape index (κ3) is 0.926. The van der Waals surface area contributed by atoms with Gasteiger partial charge in [-0.25, -0.2) is 0 Å². The monoisotopic (exact) mass is 152 g/mol. The highest BCUT2D eigenvalue weighted by molar-refractivity contribution is 7.99. The molecule has 0 saturated heterocycles. The van der Waals surface area contributed by atoms with Crippen molar-refractivity contribution >= 4 is 11.9 Å². The Kier molecular flexibility index (Phi) is 1.26. The Labute approximate surface area is 54.0 Å². The molecule has 52 valence electrons. The van der Waals surface area contributed by atoms with Crippen LogP contribution in [-0.2, 0) is 0 Å². The summed E-state index contributed by atoms with van der Waals surface area (Å²) < 4.78 is 2.93. The highest BCUT2D eigenvalue weighted by Crippen LogP contribution is 2.38. The lowest BCUT2D eigenvalue weighted by molar-refractivity contribution is -0.302. The maximum atomic E-state index is 8.55. The molecule has 1 heterocycles. The molecule has 4 N–H and O–H groups in total. The van der Waals surface area contributed by atoms with Crippen molar-refractivity contribution in [2.24, 2.45) is 9.63 Å². The summed E-state index contributed by atoms with van der Waals surface area (Å²) in [4.78, 5) is 0. The van der Waals surface area contributed by atoms with Crippen LogP contribution in [0.15, 0.2) is 9.63 Å². The van der Waals surface area contributed by atoms with Crippen LogP contribution >= 0.6 is 11.9 Å². The van der Waals surface area contributed by atoms with Crippen LogP contribution in [0.4, 0.5) is 0 Å². The van der Waals surface area contributed by atoms with Gasteiger partial charge >= 0.3 is 11.0 Å². The largest absolute Gasteiger partial charge is 0.352 e. The minimum Gasteiger partial charge on any atom is -0.350 e. The van der Waals surface area contributed by atoms with Gasteiger partial charge in [0.25, 0.3) is 0 Å². The molecule has 0 spiro atoms. The molecule has 0 aromatic heterocycles. The van der Waals surface area contributed by atoms with E-state index in [1.54, 1.807) is 0 Å². The van der Waals surface area contributed by atoms with Crippen molar-refractivity contribution < 1.29 is 20.4 Å². The molecule has 6 nitrogen and oxygen atoms in total. The minimum atomic E-state index is -2.88. The predicted molar refractivity (Wildman–Crippen MR) is 26.8 cm³/mol. The molecule has 0 unspecified atom stereocenters. The Bertz CT molecular complexity index is 155. The Morgan fingerprint density at radius 3 is 1.78 bits per heavy atom. The summed E-state index contributed by atoms with van der Waals surface area (Å²) in [5.41, 5.74) is 0. The van der Waals surface area contributed by atoms with Gasteiger partial charge in [0, 0.05) is 0 Å². The molecule has 1 aliphatic heterocycles. The molecule has 0 bridgehead atoms. The van der Waals surface area contributed by atoms with Crippen molar-refractivity contribution in [3.05, 3.63) is 0 Å². The maximum Gasteiger partial charge on any atom is 0.352 e. The summed E-state index contributed by atoms with van der Waals surface area (Å²) in [6, 6.07) is 0. The van der Waals surface area contributed by atoms with Crippen LogP contribution in [0, 0.1) is 0 Å². The van der Waals surface area contributed by atoms with Crippen molar-refractivity contribution in [2.75, 3.05) is 0 Å². The van der Waals surface area contributed by atoms with Crippen LogP contribution in [0.3, 0.4) is 0 Å². The summed E-state index contributed by atoms with van der Waals surface area (Å²) in [7, 11) is 0. The molecule has 0 aliphatic carbocycles. The van der Waals surface area contributed by atoms with Gasteiger partial charge in [-0.2, -0.15) is 0 Å². The summed E-state index contributed by atoms with van der Waals surface area (Å²) in [5, 5.41) is 34.1. The van der Waals surface area contributed by atoms with E-state index in [0.717, 1.165) is 0 Å². The van der Waals surface area contributed by atoms with E-state index < -0.39 is 11.0 Å². The van der Waals surface area contributed by atoms with Crippen LogP contribution in [0.5, 0.6) is 0 Å². The number of hydrogen-bond acceptors (Lipinski definition) is 7. The first-order valence-corrected chi connectivity index (χ1v) is 2.73. The van der Waals surface area contributed by atoms with Gasteiger partial charge < -0.3 is 20.4 Å². The van der Waals surface area contributed by atoms with E-state index in [1.165, 1.54) is 0 Å². The normalized spacial score (nSPS) is 28.9. The summed E-state index contributed by atoms with van der Waals surface area (Å²) in [6.45, 7) is 0. The van der Waals surface area contributed by atoms with Crippen molar-refractivity contribution in [1.29, 1.82) is 0 Å². The van der Waals surface area contributed by atoms with Gasteiger partial charge in [-0.15, -0.1) is 9.63 Å². The molecule has 0 saturated carbocycles. The molecule has 1 aliphatic rings. The molecule has 7 heteroatoms. The molecule has 1 rings (SSSR count). The van der Waals surface area contributed by atoms with Gasteiger partial charge in [0.1, 0.15) is 0 Å². The fourth-order valence-corrected chi connectivity index (χ4v) is 0.692. The van der Waals surface area contributed by atoms with Gasteiger partial charge in [-0.05, 0) is 0 Å². The standard InChI is InChI=1S/C2H4N2O4S/c5-1(6)2(7,8)9-4-3-1/h5-8H. The van der Waals surface area contributed by atoms with Gasteiger partial charge in [0.2, 0.25) is 0 Å². The summed E-state index contributed by atoms with van der Waals surface area (Å²) >= 11 is 0.176. The zero-order valence-corrected chi connectivity index (χ0v) is 4.91. The van der Waals surface area contributed by atoms with E-state index in [0.29, 0.717) is 0 Å². The predicted octanol–water partition coefficient (Wildman–Crippen LogP) is -1.62. The zero-order chi connectivity index (χ0) is 7.12. The molecule has 9 heavy (non-hydrogen) atoms. The van der Waals surface area contributed by atoms with Gasteiger partial charge in [0.05, 0.1) is 11.9 Å². The highest BCUT2D eigenvalue weighted by atomic mass is 32.2. The van der Waals surface area contributed by atoms with Gasteiger partial charge in [-0.3, -0.25) is 0 Å². The lowest BCUT2D eigenvalue weighted by atomic mass is 10.5. The van der Waals surface area contributed by atoms with Gasteiger partial charge in [-0.1, -0.05) is 0 Å². The maximum absolute atomic E-state index is 8.55. The Morgan fingerprint density at radius 2 is 1.67 bits per heavy atom. The van der Waals surface area contributed by atoms with Crippen LogP contribution < -0.4 is 0 Å². The second-order valence-corrected chi connectivity index (χ2v) is 2.43. The SMILES string of the molecule is OC1(O)N=NSC1(O)O. The molecule has 0 atom stereocenters. The van der Waals surface area contributed by atoms with Gasteiger partial charge in [0.15, 0.2) is 0 Å². The second kappa shape index (κ2) is 1.64. The van der Waals surface area contributed by atoms with Crippen LogP contribution in [-0.4, -0.2) is 31.5 Å². The van der Waals surface area contributed by atoms with Crippen molar-refractivity contribution in [3.8, 4) is 0 Å². The summed E-state index contributed by atoms with van der Waals surface area (Å²) in [6.07, 6.45) is 0. The van der Waals surface area contributed by atoms with Crippen molar-refractivity contribution in [1.82, 2.24) is 0 Å². The molecular weight excluding hydrogens is 148 g/mol. The van der Waals surface area contributed by atoms with E-state index in [1.807, 2.05) is 0 Å². The topological polar surface area (TPSA) is 106 Å². The molecular formula is C2H4N2O4S. The average Bonchev–Trinajstić information content (AvgIpc) is 1.81. The smallest absolute Gasteiger partial charge is 0.350 e. The van der Waals surface area contributed by atoms with Crippen LogP contribution in [0.1, 0.15) is 0 Å². The zero-order valence-electron chi connectivity index (χ0n) is 4.09. The molecule has 0 radical (unpaired) electrons. The first kappa shape index (κ1) is 6.90. The number of nitrogens with zero attached hydrogens (tertiary/aromatic N) is 2. The highest BCUT2D eigenvalue weighted by Gasteiger charge is 2.54. The van der Waals surface area contributed by atoms with E-state index in [2.05, 4.69) is 9.63 Å². The van der Waals surface area contributed by atoms with Crippen LogP contribution in [0.25, 0.3) is 0 Å². The molecule has 0 fully saturated rings. The van der Waals surface area contributed by atoms with E-state index in [-0.39, 0.29) is 11.9 Å². The first-order chi connectivity index (χ1) is 3.96. The number of aliphatic hydroxyl groups is 4. The average molecular weight is 152 g/mol. The second-order valence-electron chi connectivity index (χ2n) is 1.52. The fraction of sp³-hybridized carbons (Fsp3) is 1.00. The van der Waals surface area contributed by atoms with E-state index in [9.17, 15) is 0 Å². The number of hydrogen-bond donors (Lipinski definition) is 4. The molecule has 0 aromatic carbocycles. The third-order valence-corrected chi connectivity index (χ3v) is 1.48. The Morgan fingerprint density at radius 1 is 1.11 bits per heavy atom. The quantitative estimate of drug-likeness (QED) is 0.246. The Hall–Kier alpha value is -0.210. The van der Waals surface area contributed by atoms with Crippen molar-refractivity contribution in [2.45, 2.75) is 11.0 Å². The first-order valence-electron chi connectivity index (χ1n) is 1.95. The number of rotatable bonds is 0. The molecule has 0 amide bonds. The Balaban J connectivity index is 2.84. The lowest BCUT2D eigenvalue weighted by Crippen LogP contribution is -2.47. The minimum absolute atomic E-state index is 0.176. The lowest BCUT2D eigenvalue weighted by Gasteiger charge is -2.20. The van der Waals surface area contributed by atoms with Crippen molar-refractivity contribution in [3.63, 3.8) is 0 Å².